The fourth-order valence-corrected chi connectivity index (χ4v) is 4.06. The van der Waals surface area contributed by atoms with Gasteiger partial charge in [-0.25, -0.2) is 0 Å². The molecule has 0 amide bonds. The van der Waals surface area contributed by atoms with E-state index in [1.54, 1.807) is 0 Å². The first-order valence-electron chi connectivity index (χ1n) is 14.0. The quantitative estimate of drug-likeness (QED) is 0.0980. The van der Waals surface area contributed by atoms with Crippen LogP contribution in [0.1, 0.15) is 104 Å². The Kier molecular flexibility index (Phi) is 23.8. The van der Waals surface area contributed by atoms with Crippen molar-refractivity contribution in [2.75, 3.05) is 33.0 Å². The van der Waals surface area contributed by atoms with Gasteiger partial charge in [-0.3, -0.25) is 0 Å². The Morgan fingerprint density at radius 2 is 1.06 bits per heavy atom. The normalized spacial score (nSPS) is 16.4. The number of aliphatic hydroxyl groups is 6. The fourth-order valence-electron chi connectivity index (χ4n) is 4.06. The number of ether oxygens (including phenoxy) is 2. The highest BCUT2D eigenvalue weighted by atomic mass is 16.5. The Morgan fingerprint density at radius 1 is 0.571 bits per heavy atom. The number of hydrogen-bond acceptors (Lipinski definition) is 8. The van der Waals surface area contributed by atoms with Crippen LogP contribution in [-0.2, 0) is 9.47 Å². The molecule has 8 heteroatoms. The molecule has 0 saturated heterocycles. The van der Waals surface area contributed by atoms with Gasteiger partial charge < -0.3 is 40.1 Å². The second-order valence-electron chi connectivity index (χ2n) is 10.3. The molecule has 35 heavy (non-hydrogen) atoms. The lowest BCUT2D eigenvalue weighted by Gasteiger charge is -2.30. The van der Waals surface area contributed by atoms with E-state index in [-0.39, 0.29) is 13.2 Å². The summed E-state index contributed by atoms with van der Waals surface area (Å²) in [6.45, 7) is 3.37. The zero-order valence-electron chi connectivity index (χ0n) is 22.4. The van der Waals surface area contributed by atoms with Gasteiger partial charge >= 0.3 is 0 Å². The largest absolute Gasteiger partial charge is 0.394 e. The van der Waals surface area contributed by atoms with Crippen LogP contribution in [0.15, 0.2) is 0 Å². The molecule has 0 spiro atoms. The van der Waals surface area contributed by atoms with Crippen molar-refractivity contribution < 1.29 is 40.1 Å². The molecule has 0 aliphatic carbocycles. The summed E-state index contributed by atoms with van der Waals surface area (Å²) in [4.78, 5) is 0. The van der Waals surface area contributed by atoms with Gasteiger partial charge in [0.25, 0.3) is 0 Å². The molecular weight excluding hydrogens is 452 g/mol. The predicted molar refractivity (Wildman–Crippen MR) is 138 cm³/mol. The Labute approximate surface area is 213 Å². The highest BCUT2D eigenvalue weighted by Gasteiger charge is 2.32. The zero-order valence-corrected chi connectivity index (χ0v) is 22.4. The molecular formula is C27H56O8. The highest BCUT2D eigenvalue weighted by Crippen LogP contribution is 2.15. The first kappa shape index (κ1) is 34.7. The van der Waals surface area contributed by atoms with Crippen LogP contribution in [0, 0.1) is 5.92 Å². The van der Waals surface area contributed by atoms with E-state index in [1.807, 2.05) is 0 Å². The lowest BCUT2D eigenvalue weighted by molar-refractivity contribution is -0.156. The van der Waals surface area contributed by atoms with Crippen molar-refractivity contribution in [2.45, 2.75) is 134 Å². The minimum Gasteiger partial charge on any atom is -0.394 e. The van der Waals surface area contributed by atoms with Crippen LogP contribution in [0.3, 0.4) is 0 Å². The molecule has 0 rings (SSSR count). The van der Waals surface area contributed by atoms with E-state index in [2.05, 4.69) is 13.8 Å². The van der Waals surface area contributed by atoms with E-state index < -0.39 is 43.7 Å². The van der Waals surface area contributed by atoms with Gasteiger partial charge in [-0.2, -0.15) is 0 Å². The van der Waals surface area contributed by atoms with E-state index in [1.165, 1.54) is 70.6 Å². The van der Waals surface area contributed by atoms with Gasteiger partial charge in [0.15, 0.2) is 0 Å². The number of aliphatic hydroxyl groups excluding tert-OH is 6. The number of rotatable bonds is 26. The molecule has 0 heterocycles. The summed E-state index contributed by atoms with van der Waals surface area (Å²) in [5.41, 5.74) is 0. The summed E-state index contributed by atoms with van der Waals surface area (Å²) in [7, 11) is 0. The Bertz CT molecular complexity index is 437. The molecule has 8 nitrogen and oxygen atoms in total. The molecule has 0 aromatic heterocycles. The minimum absolute atomic E-state index is 0.169. The van der Waals surface area contributed by atoms with Gasteiger partial charge in [-0.15, -0.1) is 0 Å². The van der Waals surface area contributed by atoms with Crippen molar-refractivity contribution >= 4 is 0 Å². The third-order valence-electron chi connectivity index (χ3n) is 6.34. The average molecular weight is 509 g/mol. The first-order valence-corrected chi connectivity index (χ1v) is 14.0. The second-order valence-corrected chi connectivity index (χ2v) is 10.3. The standard InChI is InChI=1S/C27H56O8/c1-22(2)16-14-12-10-8-6-4-3-5-7-9-11-13-15-17-35-27(26(33)24(31)19-29)25(32)21-34-20-23(30)18-28/h22-33H,3-21H2,1-2H3/t23?,24-,25+,26-,27-/m1/s1. The van der Waals surface area contributed by atoms with Crippen molar-refractivity contribution in [2.24, 2.45) is 5.92 Å². The van der Waals surface area contributed by atoms with Crippen molar-refractivity contribution in [1.29, 1.82) is 0 Å². The molecule has 0 radical (unpaired) electrons. The molecule has 0 aromatic carbocycles. The average Bonchev–Trinajstić information content (AvgIpc) is 2.84. The van der Waals surface area contributed by atoms with E-state index >= 15 is 0 Å². The SMILES string of the molecule is CC(C)CCCCCCCCCCCCCCCO[C@@H]([C@H](O)[C@H](O)CO)[C@@H](O)COCC(O)CO. The summed E-state index contributed by atoms with van der Waals surface area (Å²) in [6, 6.07) is 0. The molecule has 0 bridgehead atoms. The van der Waals surface area contributed by atoms with Gasteiger partial charge in [0.1, 0.15) is 30.5 Å². The van der Waals surface area contributed by atoms with E-state index in [4.69, 9.17) is 19.7 Å². The van der Waals surface area contributed by atoms with Crippen molar-refractivity contribution in [3.05, 3.63) is 0 Å². The summed E-state index contributed by atoms with van der Waals surface area (Å²) >= 11 is 0. The monoisotopic (exact) mass is 508 g/mol. The summed E-state index contributed by atoms with van der Waals surface area (Å²) in [6.07, 6.45) is 11.1. The maximum absolute atomic E-state index is 10.3. The Balaban J connectivity index is 3.83. The van der Waals surface area contributed by atoms with E-state index in [0.29, 0.717) is 6.61 Å². The summed E-state index contributed by atoms with van der Waals surface area (Å²) < 4.78 is 10.8. The van der Waals surface area contributed by atoms with Crippen molar-refractivity contribution in [3.63, 3.8) is 0 Å². The van der Waals surface area contributed by atoms with Crippen LogP contribution in [0.4, 0.5) is 0 Å². The van der Waals surface area contributed by atoms with Gasteiger partial charge in [-0.1, -0.05) is 97.3 Å². The lowest BCUT2D eigenvalue weighted by atomic mass is 10.0. The fraction of sp³-hybridized carbons (Fsp3) is 1.00. The van der Waals surface area contributed by atoms with Crippen LogP contribution in [0.5, 0.6) is 0 Å². The summed E-state index contributed by atoms with van der Waals surface area (Å²) in [5, 5.41) is 57.4. The molecule has 0 aliphatic heterocycles. The van der Waals surface area contributed by atoms with Gasteiger partial charge in [0.05, 0.1) is 26.4 Å². The molecule has 0 saturated carbocycles. The smallest absolute Gasteiger partial charge is 0.114 e. The lowest BCUT2D eigenvalue weighted by Crippen LogP contribution is -2.49. The molecule has 212 valence electrons. The third-order valence-corrected chi connectivity index (χ3v) is 6.34. The maximum Gasteiger partial charge on any atom is 0.114 e. The maximum atomic E-state index is 10.3. The number of hydrogen-bond donors (Lipinski definition) is 6. The molecule has 0 aliphatic rings. The molecule has 0 aromatic rings. The van der Waals surface area contributed by atoms with Gasteiger partial charge in [0, 0.05) is 6.61 Å². The predicted octanol–water partition coefficient (Wildman–Crippen LogP) is 2.93. The van der Waals surface area contributed by atoms with Crippen LogP contribution in [0.25, 0.3) is 0 Å². The van der Waals surface area contributed by atoms with Gasteiger partial charge in [0.2, 0.25) is 0 Å². The van der Waals surface area contributed by atoms with Crippen molar-refractivity contribution in [3.8, 4) is 0 Å². The Hall–Kier alpha value is -0.320. The topological polar surface area (TPSA) is 140 Å². The van der Waals surface area contributed by atoms with Crippen LogP contribution < -0.4 is 0 Å². The van der Waals surface area contributed by atoms with Crippen LogP contribution in [0.2, 0.25) is 0 Å². The highest BCUT2D eigenvalue weighted by molar-refractivity contribution is 4.82. The second kappa shape index (κ2) is 24.0. The molecule has 1 unspecified atom stereocenters. The first-order chi connectivity index (χ1) is 16.8. The molecule has 5 atom stereocenters. The summed E-state index contributed by atoms with van der Waals surface area (Å²) in [5.74, 6) is 0.830. The van der Waals surface area contributed by atoms with Crippen LogP contribution >= 0.6 is 0 Å². The van der Waals surface area contributed by atoms with E-state index in [9.17, 15) is 20.4 Å². The van der Waals surface area contributed by atoms with Crippen molar-refractivity contribution in [1.82, 2.24) is 0 Å². The molecule has 0 fully saturated rings. The minimum atomic E-state index is -1.47. The zero-order chi connectivity index (χ0) is 26.3. The van der Waals surface area contributed by atoms with Gasteiger partial charge in [-0.05, 0) is 12.3 Å². The molecule has 6 N–H and O–H groups in total. The third kappa shape index (κ3) is 20.4. The Morgan fingerprint density at radius 3 is 1.51 bits per heavy atom. The van der Waals surface area contributed by atoms with E-state index in [0.717, 1.165) is 25.2 Å². The van der Waals surface area contributed by atoms with Crippen LogP contribution in [-0.4, -0.2) is 94.2 Å². The number of unbranched alkanes of at least 4 members (excludes halogenated alkanes) is 12.